The second kappa shape index (κ2) is 14.2. The second-order valence-corrected chi connectivity index (χ2v) is 9.02. The molecule has 2 fully saturated rings. The standard InChI is InChI=1S/C21H41NO11/c1-11(2)5-3-4-6-22-7-8-30-20-18(29)16(27)19(13(10-24)32-20)33-21-17(28)15(26)14(25)12(9-23)31-21/h11-29H,3-10H2,1-2H3/t12?,13?,14-,15+,16-,17?,18?,19-,20-,21-/m1/s1. The Morgan fingerprint density at radius 2 is 1.39 bits per heavy atom. The number of rotatable bonds is 13. The molecule has 2 aliphatic heterocycles. The van der Waals surface area contributed by atoms with Gasteiger partial charge in [0, 0.05) is 6.54 Å². The maximum atomic E-state index is 10.6. The van der Waals surface area contributed by atoms with E-state index in [0.29, 0.717) is 12.5 Å². The largest absolute Gasteiger partial charge is 0.394 e. The van der Waals surface area contributed by atoms with E-state index >= 15 is 0 Å². The summed E-state index contributed by atoms with van der Waals surface area (Å²) in [6.45, 7) is 4.67. The Morgan fingerprint density at radius 3 is 2.03 bits per heavy atom. The molecule has 10 atom stereocenters. The van der Waals surface area contributed by atoms with Gasteiger partial charge < -0.3 is 60.0 Å². The third kappa shape index (κ3) is 8.02. The molecule has 4 unspecified atom stereocenters. The van der Waals surface area contributed by atoms with Gasteiger partial charge in [0.05, 0.1) is 19.8 Å². The zero-order chi connectivity index (χ0) is 24.5. The van der Waals surface area contributed by atoms with Crippen LogP contribution in [0.25, 0.3) is 0 Å². The first-order chi connectivity index (χ1) is 15.7. The van der Waals surface area contributed by atoms with E-state index in [1.807, 2.05) is 0 Å². The highest BCUT2D eigenvalue weighted by Crippen LogP contribution is 2.29. The van der Waals surface area contributed by atoms with Gasteiger partial charge in [0.2, 0.25) is 0 Å². The molecule has 12 nitrogen and oxygen atoms in total. The Balaban J connectivity index is 1.83. The zero-order valence-corrected chi connectivity index (χ0v) is 19.3. The fourth-order valence-electron chi connectivity index (χ4n) is 3.87. The van der Waals surface area contributed by atoms with Crippen LogP contribution in [0.2, 0.25) is 0 Å². The average Bonchev–Trinajstić information content (AvgIpc) is 2.79. The smallest absolute Gasteiger partial charge is 0.187 e. The number of ether oxygens (including phenoxy) is 4. The van der Waals surface area contributed by atoms with Crippen LogP contribution in [-0.4, -0.2) is 130 Å². The van der Waals surface area contributed by atoms with Crippen LogP contribution in [0.5, 0.6) is 0 Å². The van der Waals surface area contributed by atoms with E-state index < -0.39 is 74.6 Å². The van der Waals surface area contributed by atoms with Crippen molar-refractivity contribution in [2.75, 3.05) is 32.9 Å². The molecule has 0 radical (unpaired) electrons. The van der Waals surface area contributed by atoms with Crippen molar-refractivity contribution in [3.63, 3.8) is 0 Å². The average molecular weight is 484 g/mol. The van der Waals surface area contributed by atoms with Crippen molar-refractivity contribution in [2.45, 2.75) is 94.5 Å². The van der Waals surface area contributed by atoms with Crippen molar-refractivity contribution in [2.24, 2.45) is 5.92 Å². The molecule has 0 aromatic rings. The summed E-state index contributed by atoms with van der Waals surface area (Å²) >= 11 is 0. The molecule has 0 saturated carbocycles. The molecule has 33 heavy (non-hydrogen) atoms. The predicted octanol–water partition coefficient (Wildman–Crippen LogP) is -2.96. The van der Waals surface area contributed by atoms with Gasteiger partial charge in [-0.05, 0) is 18.9 Å². The number of aliphatic hydroxyl groups excluding tert-OH is 7. The van der Waals surface area contributed by atoms with Crippen molar-refractivity contribution in [1.82, 2.24) is 5.32 Å². The lowest BCUT2D eigenvalue weighted by Crippen LogP contribution is -2.64. The van der Waals surface area contributed by atoms with Crippen molar-refractivity contribution < 1.29 is 54.7 Å². The lowest BCUT2D eigenvalue weighted by Gasteiger charge is -2.45. The zero-order valence-electron chi connectivity index (χ0n) is 19.3. The summed E-state index contributed by atoms with van der Waals surface area (Å²) in [5.41, 5.74) is 0. The maximum Gasteiger partial charge on any atom is 0.187 e. The van der Waals surface area contributed by atoms with Crippen molar-refractivity contribution in [3.8, 4) is 0 Å². The SMILES string of the molecule is CC(C)CCCCNCCO[C@@H]1OC(CO)[C@@H](O[C@H]2OC(CO)[C@@H](O)[C@H](O)C2O)[C@H](O)C1O. The molecule has 0 spiro atoms. The van der Waals surface area contributed by atoms with Gasteiger partial charge in [-0.25, -0.2) is 0 Å². The Hall–Kier alpha value is -0.480. The molecule has 12 heteroatoms. The van der Waals surface area contributed by atoms with E-state index in [9.17, 15) is 35.7 Å². The molecular formula is C21H41NO11. The van der Waals surface area contributed by atoms with Gasteiger partial charge >= 0.3 is 0 Å². The first kappa shape index (κ1) is 28.8. The van der Waals surface area contributed by atoms with Gasteiger partial charge in [-0.2, -0.15) is 0 Å². The van der Waals surface area contributed by atoms with Gasteiger partial charge in [0.15, 0.2) is 12.6 Å². The molecule has 0 aromatic carbocycles. The second-order valence-electron chi connectivity index (χ2n) is 9.02. The molecule has 2 heterocycles. The molecule has 0 aromatic heterocycles. The predicted molar refractivity (Wildman–Crippen MR) is 114 cm³/mol. The van der Waals surface area contributed by atoms with Crippen LogP contribution in [-0.2, 0) is 18.9 Å². The third-order valence-corrected chi connectivity index (χ3v) is 5.91. The van der Waals surface area contributed by atoms with E-state index in [4.69, 9.17) is 18.9 Å². The van der Waals surface area contributed by atoms with Crippen molar-refractivity contribution in [1.29, 1.82) is 0 Å². The number of hydrogen-bond donors (Lipinski definition) is 8. The van der Waals surface area contributed by atoms with E-state index in [1.165, 1.54) is 6.42 Å². The van der Waals surface area contributed by atoms with Crippen LogP contribution in [0.1, 0.15) is 33.1 Å². The Kier molecular flexibility index (Phi) is 12.3. The topological polar surface area (TPSA) is 191 Å². The highest BCUT2D eigenvalue weighted by Gasteiger charge is 2.50. The van der Waals surface area contributed by atoms with Crippen LogP contribution in [0, 0.1) is 5.92 Å². The number of aliphatic hydroxyl groups is 7. The number of nitrogens with one attached hydrogen (secondary N) is 1. The molecular weight excluding hydrogens is 442 g/mol. The number of unbranched alkanes of at least 4 members (excludes halogenated alkanes) is 1. The highest BCUT2D eigenvalue weighted by molar-refractivity contribution is 4.94. The van der Waals surface area contributed by atoms with E-state index in [-0.39, 0.29) is 6.61 Å². The minimum absolute atomic E-state index is 0.203. The molecule has 0 aliphatic carbocycles. The normalized spacial score (nSPS) is 39.8. The molecule has 196 valence electrons. The minimum Gasteiger partial charge on any atom is -0.394 e. The van der Waals surface area contributed by atoms with E-state index in [2.05, 4.69) is 19.2 Å². The lowest BCUT2D eigenvalue weighted by molar-refractivity contribution is -0.359. The molecule has 0 bridgehead atoms. The highest BCUT2D eigenvalue weighted by atomic mass is 16.7. The first-order valence-corrected chi connectivity index (χ1v) is 11.6. The monoisotopic (exact) mass is 483 g/mol. The summed E-state index contributed by atoms with van der Waals surface area (Å²) in [5, 5.41) is 73.1. The molecule has 0 amide bonds. The van der Waals surface area contributed by atoms with E-state index in [0.717, 1.165) is 19.4 Å². The van der Waals surface area contributed by atoms with Gasteiger partial charge in [0.25, 0.3) is 0 Å². The summed E-state index contributed by atoms with van der Waals surface area (Å²) in [6.07, 6.45) is -11.1. The van der Waals surface area contributed by atoms with Crippen LogP contribution in [0.15, 0.2) is 0 Å². The van der Waals surface area contributed by atoms with Gasteiger partial charge in [-0.15, -0.1) is 0 Å². The van der Waals surface area contributed by atoms with Crippen LogP contribution in [0.3, 0.4) is 0 Å². The van der Waals surface area contributed by atoms with Gasteiger partial charge in [-0.1, -0.05) is 26.7 Å². The Morgan fingerprint density at radius 1 is 0.758 bits per heavy atom. The fourth-order valence-corrected chi connectivity index (χ4v) is 3.87. The first-order valence-electron chi connectivity index (χ1n) is 11.6. The quantitative estimate of drug-likeness (QED) is 0.124. The minimum atomic E-state index is -1.70. The molecule has 2 rings (SSSR count). The summed E-state index contributed by atoms with van der Waals surface area (Å²) in [7, 11) is 0. The van der Waals surface area contributed by atoms with Crippen LogP contribution < -0.4 is 5.32 Å². The third-order valence-electron chi connectivity index (χ3n) is 5.91. The number of hydrogen-bond acceptors (Lipinski definition) is 12. The maximum absolute atomic E-state index is 10.6. The summed E-state index contributed by atoms with van der Waals surface area (Å²) in [4.78, 5) is 0. The molecule has 2 aliphatic rings. The Labute approximate surface area is 194 Å². The Bertz CT molecular complexity index is 538. The fraction of sp³-hybridized carbons (Fsp3) is 1.00. The summed E-state index contributed by atoms with van der Waals surface area (Å²) in [6, 6.07) is 0. The van der Waals surface area contributed by atoms with Crippen molar-refractivity contribution in [3.05, 3.63) is 0 Å². The van der Waals surface area contributed by atoms with E-state index in [1.54, 1.807) is 0 Å². The van der Waals surface area contributed by atoms with Crippen LogP contribution >= 0.6 is 0 Å². The molecule has 2 saturated heterocycles. The summed E-state index contributed by atoms with van der Waals surface area (Å²) in [5.74, 6) is 0.678. The lowest BCUT2D eigenvalue weighted by atomic mass is 9.97. The van der Waals surface area contributed by atoms with Crippen molar-refractivity contribution >= 4 is 0 Å². The molecule has 8 N–H and O–H groups in total. The van der Waals surface area contributed by atoms with Crippen LogP contribution in [0.4, 0.5) is 0 Å². The van der Waals surface area contributed by atoms with Gasteiger partial charge in [-0.3, -0.25) is 0 Å². The van der Waals surface area contributed by atoms with Gasteiger partial charge in [0.1, 0.15) is 48.8 Å². The summed E-state index contributed by atoms with van der Waals surface area (Å²) < 4.78 is 21.8.